The molecule has 252 valence electrons. The third kappa shape index (κ3) is 4.63. The van der Waals surface area contributed by atoms with Crippen LogP contribution in [0, 0.1) is 29.5 Å². The fourth-order valence-corrected chi connectivity index (χ4v) is 8.99. The molecule has 6 unspecified atom stereocenters. The molecule has 2 heterocycles. The van der Waals surface area contributed by atoms with Gasteiger partial charge in [-0.3, -0.25) is 29.5 Å². The molecule has 0 spiro atoms. The maximum atomic E-state index is 15.1. The maximum absolute atomic E-state index is 15.1. The first kappa shape index (κ1) is 32.0. The monoisotopic (exact) mass is 689 g/mol. The van der Waals surface area contributed by atoms with Crippen LogP contribution in [0.1, 0.15) is 42.4 Å². The number of aromatic hydroxyl groups is 1. The number of allylic oxidation sites excluding steroid dienone is 2. The van der Waals surface area contributed by atoms with Crippen LogP contribution in [0.5, 0.6) is 5.75 Å². The number of amides is 4. The van der Waals surface area contributed by atoms with Gasteiger partial charge in [0.2, 0.25) is 11.8 Å². The molecule has 0 bridgehead atoms. The lowest BCUT2D eigenvalue weighted by Crippen LogP contribution is -2.53. The summed E-state index contributed by atoms with van der Waals surface area (Å²) in [5, 5.41) is 12.9. The van der Waals surface area contributed by atoms with Crippen molar-refractivity contribution >= 4 is 46.6 Å². The molecule has 2 saturated heterocycles. The van der Waals surface area contributed by atoms with Gasteiger partial charge in [0.05, 0.1) is 34.5 Å². The summed E-state index contributed by atoms with van der Waals surface area (Å²) in [5.74, 6) is -6.13. The minimum atomic E-state index is -1.57. The van der Waals surface area contributed by atoms with Gasteiger partial charge in [0.15, 0.2) is 0 Å². The first-order chi connectivity index (χ1) is 24.1. The van der Waals surface area contributed by atoms with Crippen LogP contribution in [0.3, 0.4) is 0 Å². The van der Waals surface area contributed by atoms with E-state index in [1.807, 2.05) is 25.1 Å². The largest absolute Gasteiger partial charge is 0.508 e. The molecule has 6 atom stereocenters. The summed E-state index contributed by atoms with van der Waals surface area (Å²) in [6.07, 6.45) is 3.12. The van der Waals surface area contributed by atoms with Crippen LogP contribution in [0.4, 0.5) is 15.8 Å². The van der Waals surface area contributed by atoms with E-state index in [0.29, 0.717) is 27.5 Å². The lowest BCUT2D eigenvalue weighted by molar-refractivity contribution is -0.138. The number of hydrogen-bond acceptors (Lipinski definition) is 6. The van der Waals surface area contributed by atoms with E-state index in [9.17, 15) is 23.9 Å². The number of benzene rings is 4. The molecule has 2 aliphatic heterocycles. The number of nitrogens with one attached hydrogen (secondary N) is 1. The van der Waals surface area contributed by atoms with Crippen molar-refractivity contribution in [2.45, 2.75) is 37.5 Å². The van der Waals surface area contributed by atoms with Crippen molar-refractivity contribution in [3.63, 3.8) is 0 Å². The lowest BCUT2D eigenvalue weighted by Gasteiger charge is -2.50. The Bertz CT molecular complexity index is 2080. The van der Waals surface area contributed by atoms with Gasteiger partial charge in [0.25, 0.3) is 11.8 Å². The zero-order chi connectivity index (χ0) is 34.9. The fourth-order valence-electron chi connectivity index (χ4n) is 8.87. The highest BCUT2D eigenvalue weighted by Gasteiger charge is 2.70. The molecule has 4 aromatic rings. The minimum absolute atomic E-state index is 0.0649. The van der Waals surface area contributed by atoms with Crippen LogP contribution in [0.2, 0.25) is 5.02 Å². The molecule has 0 radical (unpaired) electrons. The highest BCUT2D eigenvalue weighted by Crippen LogP contribution is 2.65. The Morgan fingerprint density at radius 3 is 2.24 bits per heavy atom. The van der Waals surface area contributed by atoms with E-state index in [1.54, 1.807) is 54.6 Å². The third-order valence-corrected chi connectivity index (χ3v) is 11.4. The number of hydrazine groups is 1. The second-order valence-corrected chi connectivity index (χ2v) is 13.9. The predicted octanol–water partition coefficient (Wildman–Crippen LogP) is 6.94. The zero-order valence-corrected chi connectivity index (χ0v) is 27.8. The number of phenolic OH excluding ortho intramolecular Hbond substituents is 1. The van der Waals surface area contributed by atoms with Gasteiger partial charge in [-0.15, -0.1) is 0 Å². The van der Waals surface area contributed by atoms with Crippen LogP contribution in [0.25, 0.3) is 0 Å². The normalized spacial score (nSPS) is 27.2. The van der Waals surface area contributed by atoms with E-state index in [0.717, 1.165) is 22.6 Å². The van der Waals surface area contributed by atoms with Crippen LogP contribution >= 0.6 is 11.6 Å². The maximum Gasteiger partial charge on any atom is 0.260 e. The Labute approximate surface area is 293 Å². The summed E-state index contributed by atoms with van der Waals surface area (Å²) in [4.78, 5) is 59.5. The van der Waals surface area contributed by atoms with E-state index >= 15 is 4.79 Å². The van der Waals surface area contributed by atoms with Gasteiger partial charge < -0.3 is 5.11 Å². The average molecular weight is 690 g/mol. The quantitative estimate of drug-likeness (QED) is 0.168. The van der Waals surface area contributed by atoms with Gasteiger partial charge in [0, 0.05) is 16.5 Å². The van der Waals surface area contributed by atoms with E-state index in [-0.39, 0.29) is 30.4 Å². The molecule has 3 fully saturated rings. The van der Waals surface area contributed by atoms with Crippen LogP contribution in [0.15, 0.2) is 109 Å². The smallest absolute Gasteiger partial charge is 0.260 e. The molecule has 4 aliphatic rings. The second kappa shape index (κ2) is 11.9. The molecular formula is C40H33ClFN3O5. The summed E-state index contributed by atoms with van der Waals surface area (Å²) >= 11 is 6.34. The van der Waals surface area contributed by atoms with Gasteiger partial charge in [-0.2, -0.15) is 5.01 Å². The summed E-state index contributed by atoms with van der Waals surface area (Å²) in [7, 11) is 0. The number of imide groups is 2. The van der Waals surface area contributed by atoms with E-state index in [1.165, 1.54) is 35.2 Å². The van der Waals surface area contributed by atoms with E-state index < -0.39 is 52.6 Å². The van der Waals surface area contributed by atoms with Crippen LogP contribution in [-0.2, 0) is 31.0 Å². The predicted molar refractivity (Wildman–Crippen MR) is 185 cm³/mol. The van der Waals surface area contributed by atoms with Crippen molar-refractivity contribution in [3.8, 4) is 5.75 Å². The van der Waals surface area contributed by atoms with E-state index in [2.05, 4.69) is 5.43 Å². The number of halogens is 2. The Kier molecular flexibility index (Phi) is 7.64. The van der Waals surface area contributed by atoms with Gasteiger partial charge in [0.1, 0.15) is 11.6 Å². The highest BCUT2D eigenvalue weighted by molar-refractivity contribution is 6.30. The van der Waals surface area contributed by atoms with Gasteiger partial charge in [-0.1, -0.05) is 72.6 Å². The van der Waals surface area contributed by atoms with Gasteiger partial charge in [-0.05, 0) is 90.9 Å². The number of aryl methyl sites for hydroxylation is 1. The number of carbonyl (C=O) groups excluding carboxylic acids is 4. The number of fused-ring (bicyclic) bond motifs is 4. The minimum Gasteiger partial charge on any atom is -0.508 e. The summed E-state index contributed by atoms with van der Waals surface area (Å²) in [6, 6.07) is 26.2. The molecule has 8 rings (SSSR count). The number of nitrogens with zero attached hydrogens (tertiary/aromatic N) is 2. The Balaban J connectivity index is 1.31. The molecule has 10 heteroatoms. The summed E-state index contributed by atoms with van der Waals surface area (Å²) in [6.45, 7) is 2.03. The topological polar surface area (TPSA) is 107 Å². The number of carbonyl (C=O) groups is 4. The standard InChI is InChI=1S/C40H33ClFN3O5/c1-2-22-7-17-27(18-8-22)44-36(47)30-20-19-28-31(34(30)38(44)49)21-32-37(48)45(43-26-15-13-25(42)14-16-26)39(50)40(32,23-9-11-24(41)12-10-23)35(28)29-5-3-4-6-33(29)46/h3-19,30-32,34-35,43,46H,2,20-21H2,1H3. The third-order valence-electron chi connectivity index (χ3n) is 11.1. The fraction of sp³-hybridized carbons (Fsp3) is 0.250. The molecule has 4 aromatic carbocycles. The Morgan fingerprint density at radius 1 is 0.860 bits per heavy atom. The van der Waals surface area contributed by atoms with Gasteiger partial charge >= 0.3 is 0 Å². The second-order valence-electron chi connectivity index (χ2n) is 13.5. The van der Waals surface area contributed by atoms with Crippen molar-refractivity contribution in [2.24, 2.45) is 23.7 Å². The van der Waals surface area contributed by atoms with Crippen molar-refractivity contribution in [3.05, 3.63) is 136 Å². The zero-order valence-electron chi connectivity index (χ0n) is 27.1. The molecular weight excluding hydrogens is 657 g/mol. The molecule has 1 saturated carbocycles. The van der Waals surface area contributed by atoms with Crippen molar-refractivity contribution in [1.29, 1.82) is 0 Å². The van der Waals surface area contributed by atoms with Gasteiger partial charge in [-0.25, -0.2) is 4.39 Å². The van der Waals surface area contributed by atoms with E-state index in [4.69, 9.17) is 11.6 Å². The van der Waals surface area contributed by atoms with Crippen LogP contribution < -0.4 is 10.3 Å². The molecule has 50 heavy (non-hydrogen) atoms. The number of rotatable bonds is 6. The number of phenols is 1. The Hall–Kier alpha value is -5.28. The number of hydrogen-bond donors (Lipinski definition) is 2. The molecule has 8 nitrogen and oxygen atoms in total. The number of para-hydroxylation sites is 1. The molecule has 0 aromatic heterocycles. The summed E-state index contributed by atoms with van der Waals surface area (Å²) in [5.41, 5.74) is 4.95. The molecule has 2 N–H and O–H groups in total. The van der Waals surface area contributed by atoms with Crippen molar-refractivity contribution in [1.82, 2.24) is 5.01 Å². The SMILES string of the molecule is CCc1ccc(N2C(=O)C3CC=C4C(CC5C(=O)N(Nc6ccc(F)cc6)C(=O)C5(c5ccc(Cl)cc5)C4c4ccccc4O)C3C2=O)cc1. The molecule has 2 aliphatic carbocycles. The highest BCUT2D eigenvalue weighted by atomic mass is 35.5. The lowest BCUT2D eigenvalue weighted by atomic mass is 9.49. The van der Waals surface area contributed by atoms with Crippen LogP contribution in [-0.4, -0.2) is 33.7 Å². The first-order valence-electron chi connectivity index (χ1n) is 16.8. The average Bonchev–Trinajstić information content (AvgIpc) is 3.50. The molecule has 4 amide bonds. The Morgan fingerprint density at radius 2 is 1.56 bits per heavy atom. The summed E-state index contributed by atoms with van der Waals surface area (Å²) < 4.78 is 13.8. The number of anilines is 2. The van der Waals surface area contributed by atoms with Crippen molar-refractivity contribution in [2.75, 3.05) is 10.3 Å². The van der Waals surface area contributed by atoms with Crippen molar-refractivity contribution < 1.29 is 28.7 Å². The first-order valence-corrected chi connectivity index (χ1v) is 17.1.